The molecule has 0 saturated heterocycles. The quantitative estimate of drug-likeness (QED) is 0.586. The average Bonchev–Trinajstić information content (AvgIpc) is 2.28. The molecule has 1 rings (SSSR count). The zero-order valence-corrected chi connectivity index (χ0v) is 10.5. The summed E-state index contributed by atoms with van der Waals surface area (Å²) in [5, 5.41) is 29.5. The highest BCUT2D eigenvalue weighted by Crippen LogP contribution is 2.19. The van der Waals surface area contributed by atoms with Gasteiger partial charge in [0.1, 0.15) is 5.75 Å². The Morgan fingerprint density at radius 2 is 2.19 bits per heavy atom. The minimum absolute atomic E-state index is 0.0553. The second-order valence-corrected chi connectivity index (χ2v) is 4.45. The van der Waals surface area contributed by atoms with Gasteiger partial charge in [0.25, 0.3) is 5.91 Å². The van der Waals surface area contributed by atoms with Gasteiger partial charge in [-0.05, 0) is 40.8 Å². The fourth-order valence-corrected chi connectivity index (χ4v) is 1.55. The maximum atomic E-state index is 11.6. The zero-order chi connectivity index (χ0) is 12.1. The highest BCUT2D eigenvalue weighted by molar-refractivity contribution is 14.1. The number of aromatic hydroxyl groups is 1. The molecule has 1 aromatic rings. The largest absolute Gasteiger partial charge is 0.507 e. The van der Waals surface area contributed by atoms with E-state index in [1.807, 2.05) is 22.6 Å². The Bertz CT molecular complexity index is 383. The van der Waals surface area contributed by atoms with Crippen molar-refractivity contribution >= 4 is 28.5 Å². The predicted octanol–water partition coefficient (Wildman–Crippen LogP) is 0.0798. The van der Waals surface area contributed by atoms with Crippen molar-refractivity contribution in [3.63, 3.8) is 0 Å². The van der Waals surface area contributed by atoms with Crippen molar-refractivity contribution in [2.75, 3.05) is 13.2 Å². The minimum Gasteiger partial charge on any atom is -0.507 e. The number of nitrogens with one attached hydrogen (secondary N) is 1. The van der Waals surface area contributed by atoms with Gasteiger partial charge in [-0.1, -0.05) is 0 Å². The molecule has 0 radical (unpaired) electrons. The van der Waals surface area contributed by atoms with Gasteiger partial charge in [-0.2, -0.15) is 0 Å². The van der Waals surface area contributed by atoms with Gasteiger partial charge in [-0.15, -0.1) is 0 Å². The van der Waals surface area contributed by atoms with Crippen molar-refractivity contribution in [3.8, 4) is 5.75 Å². The van der Waals surface area contributed by atoms with Crippen molar-refractivity contribution in [1.82, 2.24) is 5.32 Å². The van der Waals surface area contributed by atoms with E-state index in [-0.39, 0.29) is 17.9 Å². The molecule has 6 heteroatoms. The van der Waals surface area contributed by atoms with Crippen LogP contribution in [0.2, 0.25) is 0 Å². The van der Waals surface area contributed by atoms with Gasteiger partial charge in [0.05, 0.1) is 18.3 Å². The molecule has 0 fully saturated rings. The molecular formula is C10H12INO4. The molecule has 0 bridgehead atoms. The molecule has 4 N–H and O–H groups in total. The van der Waals surface area contributed by atoms with Crippen molar-refractivity contribution in [3.05, 3.63) is 27.3 Å². The van der Waals surface area contributed by atoms with Crippen molar-refractivity contribution in [1.29, 1.82) is 0 Å². The first-order chi connectivity index (χ1) is 7.54. The SMILES string of the molecule is O=C(NCC(O)CO)c1cc(I)ccc1O. The lowest BCUT2D eigenvalue weighted by Crippen LogP contribution is -2.33. The number of halogens is 1. The summed E-state index contributed by atoms with van der Waals surface area (Å²) in [5.74, 6) is -0.597. The van der Waals surface area contributed by atoms with Crippen LogP contribution in [0.1, 0.15) is 10.4 Å². The zero-order valence-electron chi connectivity index (χ0n) is 8.35. The Labute approximate surface area is 106 Å². The van der Waals surface area contributed by atoms with Gasteiger partial charge < -0.3 is 20.6 Å². The van der Waals surface area contributed by atoms with Gasteiger partial charge in [0, 0.05) is 10.1 Å². The van der Waals surface area contributed by atoms with Crippen LogP contribution in [0.15, 0.2) is 18.2 Å². The van der Waals surface area contributed by atoms with E-state index in [2.05, 4.69) is 5.32 Å². The first-order valence-corrected chi connectivity index (χ1v) is 5.68. The number of phenolic OH excluding ortho intramolecular Hbond substituents is 1. The van der Waals surface area contributed by atoms with Gasteiger partial charge in [-0.25, -0.2) is 0 Å². The predicted molar refractivity (Wildman–Crippen MR) is 66.2 cm³/mol. The molecule has 16 heavy (non-hydrogen) atoms. The number of benzene rings is 1. The summed E-state index contributed by atoms with van der Waals surface area (Å²) >= 11 is 2.02. The lowest BCUT2D eigenvalue weighted by Gasteiger charge is -2.10. The molecule has 0 aliphatic rings. The van der Waals surface area contributed by atoms with Crippen LogP contribution < -0.4 is 5.32 Å². The third-order valence-electron chi connectivity index (χ3n) is 1.91. The van der Waals surface area contributed by atoms with Gasteiger partial charge in [-0.3, -0.25) is 4.79 Å². The molecule has 0 saturated carbocycles. The number of carbonyl (C=O) groups excluding carboxylic acids is 1. The van der Waals surface area contributed by atoms with E-state index in [0.29, 0.717) is 0 Å². The van der Waals surface area contributed by atoms with E-state index in [1.165, 1.54) is 12.1 Å². The minimum atomic E-state index is -0.992. The molecule has 1 amide bonds. The highest BCUT2D eigenvalue weighted by Gasteiger charge is 2.12. The Morgan fingerprint density at radius 3 is 2.81 bits per heavy atom. The van der Waals surface area contributed by atoms with E-state index in [9.17, 15) is 9.90 Å². The molecule has 1 aromatic carbocycles. The maximum absolute atomic E-state index is 11.6. The molecule has 0 aliphatic carbocycles. The number of carbonyl (C=O) groups is 1. The van der Waals surface area contributed by atoms with Crippen LogP contribution in [-0.2, 0) is 0 Å². The monoisotopic (exact) mass is 337 g/mol. The van der Waals surface area contributed by atoms with Crippen LogP contribution in [-0.4, -0.2) is 40.5 Å². The Morgan fingerprint density at radius 1 is 1.50 bits per heavy atom. The number of aliphatic hydroxyl groups excluding tert-OH is 2. The third kappa shape index (κ3) is 3.62. The third-order valence-corrected chi connectivity index (χ3v) is 2.58. The summed E-state index contributed by atoms with van der Waals surface area (Å²) in [6.45, 7) is -0.473. The summed E-state index contributed by atoms with van der Waals surface area (Å²) in [6, 6.07) is 4.64. The Kier molecular flexibility index (Phi) is 4.97. The van der Waals surface area contributed by atoms with Gasteiger partial charge in [0.15, 0.2) is 0 Å². The standard InChI is InChI=1S/C10H12INO4/c11-6-1-2-9(15)8(3-6)10(16)12-4-7(14)5-13/h1-3,7,13-15H,4-5H2,(H,12,16). The summed E-state index contributed by atoms with van der Waals surface area (Å²) < 4.78 is 0.822. The molecule has 1 atom stereocenters. The molecule has 88 valence electrons. The van der Waals surface area contributed by atoms with Crippen molar-refractivity contribution in [2.24, 2.45) is 0 Å². The van der Waals surface area contributed by atoms with Crippen LogP contribution in [0.5, 0.6) is 5.75 Å². The number of phenols is 1. The van der Waals surface area contributed by atoms with Crippen molar-refractivity contribution in [2.45, 2.75) is 6.10 Å². The summed E-state index contributed by atoms with van der Waals surface area (Å²) in [6.07, 6.45) is -0.992. The van der Waals surface area contributed by atoms with E-state index in [1.54, 1.807) is 6.07 Å². The van der Waals surface area contributed by atoms with Crippen LogP contribution in [0.4, 0.5) is 0 Å². The van der Waals surface area contributed by atoms with E-state index in [4.69, 9.17) is 10.2 Å². The van der Waals surface area contributed by atoms with Gasteiger partial charge >= 0.3 is 0 Å². The normalized spacial score (nSPS) is 12.2. The Hall–Kier alpha value is -0.860. The lowest BCUT2D eigenvalue weighted by atomic mass is 10.2. The van der Waals surface area contributed by atoms with Crippen LogP contribution in [0.25, 0.3) is 0 Å². The van der Waals surface area contributed by atoms with Crippen LogP contribution in [0.3, 0.4) is 0 Å². The fourth-order valence-electron chi connectivity index (χ4n) is 1.06. The number of hydrogen-bond donors (Lipinski definition) is 4. The van der Waals surface area contributed by atoms with Crippen molar-refractivity contribution < 1.29 is 20.1 Å². The number of hydrogen-bond acceptors (Lipinski definition) is 4. The molecule has 5 nitrogen and oxygen atoms in total. The number of amides is 1. The van der Waals surface area contributed by atoms with E-state index < -0.39 is 18.6 Å². The highest BCUT2D eigenvalue weighted by atomic mass is 127. The lowest BCUT2D eigenvalue weighted by molar-refractivity contribution is 0.0800. The molecule has 1 unspecified atom stereocenters. The second-order valence-electron chi connectivity index (χ2n) is 3.21. The maximum Gasteiger partial charge on any atom is 0.255 e. The van der Waals surface area contributed by atoms with Crippen LogP contribution >= 0.6 is 22.6 Å². The first-order valence-electron chi connectivity index (χ1n) is 4.60. The number of aliphatic hydroxyl groups is 2. The summed E-state index contributed by atoms with van der Waals surface area (Å²) in [5.41, 5.74) is 0.150. The molecule has 0 aromatic heterocycles. The molecular weight excluding hydrogens is 325 g/mol. The topological polar surface area (TPSA) is 89.8 Å². The second kappa shape index (κ2) is 6.02. The summed E-state index contributed by atoms with van der Waals surface area (Å²) in [7, 11) is 0. The Balaban J connectivity index is 2.69. The molecule has 0 aliphatic heterocycles. The smallest absolute Gasteiger partial charge is 0.255 e. The van der Waals surface area contributed by atoms with Gasteiger partial charge in [0.2, 0.25) is 0 Å². The summed E-state index contributed by atoms with van der Waals surface area (Å²) in [4.78, 5) is 11.6. The average molecular weight is 337 g/mol. The number of rotatable bonds is 4. The first kappa shape index (κ1) is 13.2. The molecule has 0 spiro atoms. The molecule has 0 heterocycles. The van der Waals surface area contributed by atoms with Crippen LogP contribution in [0, 0.1) is 3.57 Å². The fraction of sp³-hybridized carbons (Fsp3) is 0.300. The van der Waals surface area contributed by atoms with E-state index in [0.717, 1.165) is 3.57 Å². The van der Waals surface area contributed by atoms with E-state index >= 15 is 0 Å².